The second kappa shape index (κ2) is 6.85. The first kappa shape index (κ1) is 18.1. The molecule has 0 aliphatic rings. The molecule has 22 heavy (non-hydrogen) atoms. The first-order chi connectivity index (χ1) is 10.2. The van der Waals surface area contributed by atoms with E-state index < -0.39 is 38.7 Å². The van der Waals surface area contributed by atoms with Gasteiger partial charge in [-0.05, 0) is 24.1 Å². The Kier molecular flexibility index (Phi) is 5.63. The largest absolute Gasteiger partial charge is 0.480 e. The Labute approximate surface area is 128 Å². The van der Waals surface area contributed by atoms with Gasteiger partial charge in [-0.2, -0.15) is 9.57 Å². The molecule has 1 rings (SSSR count). The van der Waals surface area contributed by atoms with Crippen LogP contribution in [-0.2, 0) is 14.8 Å². The molecule has 0 saturated carbocycles. The first-order valence-electron chi connectivity index (χ1n) is 6.57. The number of sulfonamides is 1. The molecule has 0 fully saturated rings. The number of likely N-dealkylation sites (N-methyl/N-ethyl adjacent to an activating group) is 1. The third kappa shape index (κ3) is 3.43. The zero-order chi connectivity index (χ0) is 17.1. The maximum Gasteiger partial charge on any atom is 0.322 e. The normalized spacial score (nSPS) is 14.4. The number of hydrogen-bond donors (Lipinski definition) is 1. The maximum absolute atomic E-state index is 13.9. The van der Waals surface area contributed by atoms with E-state index >= 15 is 0 Å². The van der Waals surface area contributed by atoms with E-state index in [9.17, 15) is 22.7 Å². The number of carbonyl (C=O) groups is 1. The molecule has 0 aliphatic carbocycles. The van der Waals surface area contributed by atoms with Crippen molar-refractivity contribution in [2.75, 3.05) is 7.05 Å². The molecule has 1 aromatic rings. The van der Waals surface area contributed by atoms with Crippen LogP contribution in [0, 0.1) is 23.1 Å². The van der Waals surface area contributed by atoms with Crippen molar-refractivity contribution in [2.24, 2.45) is 5.92 Å². The van der Waals surface area contributed by atoms with Crippen LogP contribution in [-0.4, -0.2) is 36.9 Å². The summed E-state index contributed by atoms with van der Waals surface area (Å²) in [6, 6.07) is 3.34. The van der Waals surface area contributed by atoms with Crippen LogP contribution < -0.4 is 0 Å². The van der Waals surface area contributed by atoms with Gasteiger partial charge < -0.3 is 5.11 Å². The lowest BCUT2D eigenvalue weighted by Gasteiger charge is -2.28. The van der Waals surface area contributed by atoms with Gasteiger partial charge in [0.05, 0.1) is 11.6 Å². The van der Waals surface area contributed by atoms with Crippen molar-refractivity contribution >= 4 is 16.0 Å². The first-order valence-corrected chi connectivity index (χ1v) is 8.01. The molecule has 0 aromatic heterocycles. The molecule has 0 aliphatic heterocycles. The third-order valence-corrected chi connectivity index (χ3v) is 5.42. The third-order valence-electron chi connectivity index (χ3n) is 3.55. The van der Waals surface area contributed by atoms with Gasteiger partial charge in [0.2, 0.25) is 10.0 Å². The smallest absolute Gasteiger partial charge is 0.322 e. The summed E-state index contributed by atoms with van der Waals surface area (Å²) in [4.78, 5) is 10.7. The number of carboxylic acid groups (broad SMARTS) is 1. The number of nitriles is 1. The highest BCUT2D eigenvalue weighted by molar-refractivity contribution is 7.89. The predicted octanol–water partition coefficient (Wildman–Crippen LogP) is 1.82. The second-order valence-electron chi connectivity index (χ2n) is 4.95. The van der Waals surface area contributed by atoms with Crippen LogP contribution in [0.4, 0.5) is 4.39 Å². The predicted molar refractivity (Wildman–Crippen MR) is 76.9 cm³/mol. The van der Waals surface area contributed by atoms with E-state index in [0.29, 0.717) is 10.7 Å². The minimum absolute atomic E-state index is 0.0178. The van der Waals surface area contributed by atoms with Gasteiger partial charge in [-0.15, -0.1) is 0 Å². The number of carboxylic acids is 1. The molecule has 120 valence electrons. The molecule has 0 radical (unpaired) electrons. The molecule has 1 N–H and O–H groups in total. The molecule has 0 saturated heterocycles. The fourth-order valence-electron chi connectivity index (χ4n) is 2.06. The number of halogens is 1. The number of rotatable bonds is 6. The fourth-order valence-corrected chi connectivity index (χ4v) is 3.52. The van der Waals surface area contributed by atoms with Gasteiger partial charge >= 0.3 is 5.97 Å². The minimum atomic E-state index is -4.33. The minimum Gasteiger partial charge on any atom is -0.480 e. The number of nitrogens with zero attached hydrogens (tertiary/aromatic N) is 2. The average Bonchev–Trinajstić information content (AvgIpc) is 2.46. The number of aliphatic carboxylic acids is 1. The zero-order valence-electron chi connectivity index (χ0n) is 12.4. The van der Waals surface area contributed by atoms with Gasteiger partial charge in [0, 0.05) is 7.05 Å². The molecule has 0 bridgehead atoms. The molecule has 0 spiro atoms. The number of hydrogen-bond acceptors (Lipinski definition) is 4. The van der Waals surface area contributed by atoms with Crippen molar-refractivity contribution in [3.8, 4) is 6.07 Å². The maximum atomic E-state index is 13.9. The van der Waals surface area contributed by atoms with Gasteiger partial charge in [-0.3, -0.25) is 4.79 Å². The lowest BCUT2D eigenvalue weighted by Crippen LogP contribution is -2.46. The van der Waals surface area contributed by atoms with Crippen molar-refractivity contribution in [3.05, 3.63) is 29.6 Å². The van der Waals surface area contributed by atoms with E-state index in [1.54, 1.807) is 19.9 Å². The standard InChI is InChI=1S/C14H17FN2O4S/c1-4-9(2)13(14(18)19)17(3)22(20,21)12-6-5-10(8-16)7-11(12)15/h5-7,9,13H,4H2,1-3H3,(H,18,19). The fraction of sp³-hybridized carbons (Fsp3) is 0.429. The van der Waals surface area contributed by atoms with Gasteiger partial charge in [0.15, 0.2) is 0 Å². The van der Waals surface area contributed by atoms with Crippen molar-refractivity contribution in [3.63, 3.8) is 0 Å². The molecule has 2 unspecified atom stereocenters. The highest BCUT2D eigenvalue weighted by atomic mass is 32.2. The molecular weight excluding hydrogens is 311 g/mol. The second-order valence-corrected chi connectivity index (χ2v) is 6.91. The summed E-state index contributed by atoms with van der Waals surface area (Å²) in [5, 5.41) is 17.9. The molecule has 6 nitrogen and oxygen atoms in total. The average molecular weight is 328 g/mol. The van der Waals surface area contributed by atoms with Crippen molar-refractivity contribution < 1.29 is 22.7 Å². The van der Waals surface area contributed by atoms with E-state index in [-0.39, 0.29) is 5.56 Å². The Morgan fingerprint density at radius 2 is 2.09 bits per heavy atom. The van der Waals surface area contributed by atoms with E-state index in [2.05, 4.69) is 0 Å². The summed E-state index contributed by atoms with van der Waals surface area (Å²) in [5.41, 5.74) is -0.0178. The van der Waals surface area contributed by atoms with Crippen molar-refractivity contribution in [1.82, 2.24) is 4.31 Å². The van der Waals surface area contributed by atoms with Crippen LogP contribution in [0.15, 0.2) is 23.1 Å². The SMILES string of the molecule is CCC(C)C(C(=O)O)N(C)S(=O)(=O)c1ccc(C#N)cc1F. The highest BCUT2D eigenvalue weighted by Crippen LogP contribution is 2.24. The van der Waals surface area contributed by atoms with E-state index in [1.165, 1.54) is 6.07 Å². The quantitative estimate of drug-likeness (QED) is 0.859. The van der Waals surface area contributed by atoms with Gasteiger partial charge in [0.1, 0.15) is 16.8 Å². The Morgan fingerprint density at radius 1 is 1.50 bits per heavy atom. The summed E-state index contributed by atoms with van der Waals surface area (Å²) < 4.78 is 39.5. The monoisotopic (exact) mass is 328 g/mol. The molecule has 0 heterocycles. The summed E-state index contributed by atoms with van der Waals surface area (Å²) in [6.07, 6.45) is 0.451. The molecule has 0 amide bonds. The molecule has 8 heteroatoms. The number of benzene rings is 1. The Balaban J connectivity index is 3.34. The van der Waals surface area contributed by atoms with E-state index in [0.717, 1.165) is 19.2 Å². The highest BCUT2D eigenvalue weighted by Gasteiger charge is 2.37. The summed E-state index contributed by atoms with van der Waals surface area (Å²) in [7, 11) is -3.22. The Hall–Kier alpha value is -1.98. The summed E-state index contributed by atoms with van der Waals surface area (Å²) in [6.45, 7) is 3.35. The lowest BCUT2D eigenvalue weighted by molar-refractivity contribution is -0.142. The summed E-state index contributed by atoms with van der Waals surface area (Å²) in [5.74, 6) is -2.83. The van der Waals surface area contributed by atoms with E-state index in [4.69, 9.17) is 5.26 Å². The topological polar surface area (TPSA) is 98.5 Å². The van der Waals surface area contributed by atoms with Crippen LogP contribution >= 0.6 is 0 Å². The lowest BCUT2D eigenvalue weighted by atomic mass is 10.00. The van der Waals surface area contributed by atoms with Crippen molar-refractivity contribution in [1.29, 1.82) is 5.26 Å². The van der Waals surface area contributed by atoms with Crippen LogP contribution in [0.1, 0.15) is 25.8 Å². The van der Waals surface area contributed by atoms with E-state index in [1.807, 2.05) is 0 Å². The van der Waals surface area contributed by atoms with Crippen LogP contribution in [0.25, 0.3) is 0 Å². The summed E-state index contributed by atoms with van der Waals surface area (Å²) >= 11 is 0. The van der Waals surface area contributed by atoms with Crippen LogP contribution in [0.3, 0.4) is 0 Å². The zero-order valence-corrected chi connectivity index (χ0v) is 13.3. The Morgan fingerprint density at radius 3 is 2.50 bits per heavy atom. The van der Waals surface area contributed by atoms with Gasteiger partial charge in [-0.25, -0.2) is 12.8 Å². The van der Waals surface area contributed by atoms with Crippen molar-refractivity contribution in [2.45, 2.75) is 31.2 Å². The Bertz CT molecular complexity index is 712. The molecular formula is C14H17FN2O4S. The van der Waals surface area contributed by atoms with Gasteiger partial charge in [-0.1, -0.05) is 20.3 Å². The van der Waals surface area contributed by atoms with Crippen LogP contribution in [0.2, 0.25) is 0 Å². The molecule has 2 atom stereocenters. The molecule has 1 aromatic carbocycles. The van der Waals surface area contributed by atoms with Crippen LogP contribution in [0.5, 0.6) is 0 Å². The van der Waals surface area contributed by atoms with Gasteiger partial charge in [0.25, 0.3) is 0 Å².